The first-order chi connectivity index (χ1) is 12.6. The van der Waals surface area contributed by atoms with Crippen LogP contribution in [-0.4, -0.2) is 24.0 Å². The number of nitrogens with one attached hydrogen (secondary N) is 1. The minimum Gasteiger partial charge on any atom is -0.490 e. The summed E-state index contributed by atoms with van der Waals surface area (Å²) in [4.78, 5) is 26.9. The molecule has 0 spiro atoms. The molecule has 1 N–H and O–H groups in total. The maximum Gasteiger partial charge on any atom is 0.387 e. The maximum absolute atomic E-state index is 12.5. The van der Waals surface area contributed by atoms with E-state index in [0.717, 1.165) is 11.3 Å². The summed E-state index contributed by atoms with van der Waals surface area (Å²) >= 11 is 1.14. The van der Waals surface area contributed by atoms with Gasteiger partial charge in [-0.05, 0) is 30.7 Å². The second kappa shape index (κ2) is 8.47. The van der Waals surface area contributed by atoms with Gasteiger partial charge in [0.2, 0.25) is 0 Å². The SMILES string of the molecule is CCOc1cc(/C=c2\s/c(=C\C(=O)C(C)(C)C)[nH]c2=O)ccc1OC(F)F. The van der Waals surface area contributed by atoms with Gasteiger partial charge in [0, 0.05) is 11.5 Å². The van der Waals surface area contributed by atoms with Crippen LogP contribution < -0.4 is 24.2 Å². The quantitative estimate of drug-likeness (QED) is 0.814. The number of ether oxygens (including phenoxy) is 2. The molecule has 0 atom stereocenters. The van der Waals surface area contributed by atoms with Crippen LogP contribution >= 0.6 is 11.3 Å². The molecular weight excluding hydrogens is 376 g/mol. The molecule has 0 aliphatic heterocycles. The van der Waals surface area contributed by atoms with Crippen molar-refractivity contribution < 1.29 is 23.0 Å². The van der Waals surface area contributed by atoms with Crippen molar-refractivity contribution in [2.75, 3.05) is 6.61 Å². The largest absolute Gasteiger partial charge is 0.490 e. The van der Waals surface area contributed by atoms with Gasteiger partial charge in [0.1, 0.15) is 0 Å². The van der Waals surface area contributed by atoms with Gasteiger partial charge < -0.3 is 14.5 Å². The Labute approximate surface area is 158 Å². The number of carbonyl (C=O) groups is 1. The van der Waals surface area contributed by atoms with Crippen LogP contribution in [-0.2, 0) is 4.79 Å². The Bertz CT molecular complexity index is 986. The zero-order valence-electron chi connectivity index (χ0n) is 15.5. The van der Waals surface area contributed by atoms with Crippen molar-refractivity contribution >= 4 is 29.3 Å². The van der Waals surface area contributed by atoms with Crippen molar-refractivity contribution in [1.29, 1.82) is 0 Å². The molecule has 146 valence electrons. The molecule has 0 saturated heterocycles. The van der Waals surface area contributed by atoms with Crippen molar-refractivity contribution in [1.82, 2.24) is 4.98 Å². The molecule has 0 fully saturated rings. The van der Waals surface area contributed by atoms with E-state index in [1.54, 1.807) is 39.8 Å². The number of Topliss-reactive ketones (excluding diaryl/α,β-unsaturated/α-hetero) is 1. The normalized spacial score (nSPS) is 13.3. The van der Waals surface area contributed by atoms with E-state index in [-0.39, 0.29) is 29.4 Å². The van der Waals surface area contributed by atoms with Gasteiger partial charge in [-0.3, -0.25) is 9.59 Å². The van der Waals surface area contributed by atoms with Crippen LogP contribution in [0.25, 0.3) is 12.2 Å². The predicted octanol–water partition coefficient (Wildman–Crippen LogP) is 2.66. The van der Waals surface area contributed by atoms with Gasteiger partial charge in [0.25, 0.3) is 5.56 Å². The summed E-state index contributed by atoms with van der Waals surface area (Å²) in [6.45, 7) is 4.42. The van der Waals surface area contributed by atoms with Crippen LogP contribution in [0.1, 0.15) is 33.3 Å². The molecule has 0 radical (unpaired) electrons. The number of benzene rings is 1. The fourth-order valence-electron chi connectivity index (χ4n) is 2.09. The first kappa shape index (κ1) is 20.8. The summed E-state index contributed by atoms with van der Waals surface area (Å²) in [6.07, 6.45) is 3.01. The molecule has 0 unspecified atom stereocenters. The maximum atomic E-state index is 12.5. The number of aromatic amines is 1. The second-order valence-corrected chi connectivity index (χ2v) is 7.79. The Kier molecular flexibility index (Phi) is 6.54. The molecular formula is C19H21F2NO4S. The zero-order valence-corrected chi connectivity index (χ0v) is 16.3. The number of carbonyl (C=O) groups excluding carboxylic acids is 1. The molecule has 2 aromatic rings. The first-order valence-electron chi connectivity index (χ1n) is 8.29. The average Bonchev–Trinajstić information content (AvgIpc) is 2.88. The highest BCUT2D eigenvalue weighted by atomic mass is 32.1. The molecule has 0 aliphatic rings. The van der Waals surface area contributed by atoms with Crippen molar-refractivity contribution in [3.05, 3.63) is 43.3 Å². The number of thiazole rings is 1. The van der Waals surface area contributed by atoms with Gasteiger partial charge in [-0.15, -0.1) is 11.3 Å². The summed E-state index contributed by atoms with van der Waals surface area (Å²) in [6, 6.07) is 4.42. The minimum absolute atomic E-state index is 0.0751. The van der Waals surface area contributed by atoms with Gasteiger partial charge in [-0.25, -0.2) is 0 Å². The smallest absolute Gasteiger partial charge is 0.387 e. The third kappa shape index (κ3) is 5.75. The summed E-state index contributed by atoms with van der Waals surface area (Å²) in [7, 11) is 0. The Morgan fingerprint density at radius 1 is 1.30 bits per heavy atom. The Hall–Kier alpha value is -2.48. The lowest BCUT2D eigenvalue weighted by Gasteiger charge is -2.12. The van der Waals surface area contributed by atoms with E-state index in [1.807, 2.05) is 0 Å². The van der Waals surface area contributed by atoms with Gasteiger partial charge in [-0.2, -0.15) is 8.78 Å². The van der Waals surface area contributed by atoms with E-state index >= 15 is 0 Å². The van der Waals surface area contributed by atoms with Crippen molar-refractivity contribution in [3.8, 4) is 11.5 Å². The van der Waals surface area contributed by atoms with E-state index in [0.29, 0.717) is 14.8 Å². The van der Waals surface area contributed by atoms with Crippen molar-refractivity contribution in [2.24, 2.45) is 5.41 Å². The van der Waals surface area contributed by atoms with Crippen LogP contribution in [0.5, 0.6) is 11.5 Å². The van der Waals surface area contributed by atoms with Gasteiger partial charge >= 0.3 is 6.61 Å². The van der Waals surface area contributed by atoms with E-state index < -0.39 is 12.0 Å². The molecule has 27 heavy (non-hydrogen) atoms. The number of hydrogen-bond acceptors (Lipinski definition) is 5. The van der Waals surface area contributed by atoms with E-state index in [2.05, 4.69) is 9.72 Å². The molecule has 0 saturated carbocycles. The van der Waals surface area contributed by atoms with E-state index in [9.17, 15) is 18.4 Å². The highest BCUT2D eigenvalue weighted by Gasteiger charge is 2.18. The summed E-state index contributed by atoms with van der Waals surface area (Å²) in [5, 5.41) is 0. The third-order valence-corrected chi connectivity index (χ3v) is 4.43. The molecule has 8 heteroatoms. The van der Waals surface area contributed by atoms with Crippen molar-refractivity contribution in [2.45, 2.75) is 34.3 Å². The number of alkyl halides is 2. The van der Waals surface area contributed by atoms with Crippen LogP contribution in [0.15, 0.2) is 23.0 Å². The third-order valence-electron chi connectivity index (χ3n) is 3.46. The standard InChI is InChI=1S/C19H21F2NO4S/c1-5-25-13-8-11(6-7-12(13)26-18(20)21)9-14-17(24)22-16(27-14)10-15(23)19(2,3)4/h6-10,18H,5H2,1-4H3,(H,22,24)/b14-9-,16-10-. The minimum atomic E-state index is -2.96. The Balaban J connectivity index is 2.44. The first-order valence-corrected chi connectivity index (χ1v) is 9.10. The molecule has 0 aliphatic carbocycles. The summed E-state index contributed by atoms with van der Waals surface area (Å²) in [5.74, 6) is -0.0122. The van der Waals surface area contributed by atoms with E-state index in [1.165, 1.54) is 18.2 Å². The number of ketones is 1. The fourth-order valence-corrected chi connectivity index (χ4v) is 2.97. The number of hydrogen-bond donors (Lipinski definition) is 1. The topological polar surface area (TPSA) is 68.4 Å². The lowest BCUT2D eigenvalue weighted by atomic mass is 9.91. The Morgan fingerprint density at radius 2 is 2.00 bits per heavy atom. The lowest BCUT2D eigenvalue weighted by molar-refractivity contribution is -0.120. The second-order valence-electron chi connectivity index (χ2n) is 6.71. The number of halogens is 2. The lowest BCUT2D eigenvalue weighted by Crippen LogP contribution is -2.22. The Morgan fingerprint density at radius 3 is 2.59 bits per heavy atom. The summed E-state index contributed by atoms with van der Waals surface area (Å²) < 4.78 is 35.5. The fraction of sp³-hybridized carbons (Fsp3) is 0.368. The van der Waals surface area contributed by atoms with Gasteiger partial charge in [0.15, 0.2) is 17.3 Å². The van der Waals surface area contributed by atoms with Crippen LogP contribution in [0.4, 0.5) is 8.78 Å². The van der Waals surface area contributed by atoms with Crippen LogP contribution in [0, 0.1) is 5.41 Å². The van der Waals surface area contributed by atoms with Gasteiger partial charge in [-0.1, -0.05) is 26.8 Å². The number of aromatic nitrogens is 1. The number of H-pyrrole nitrogens is 1. The monoisotopic (exact) mass is 397 g/mol. The predicted molar refractivity (Wildman–Crippen MR) is 101 cm³/mol. The molecule has 1 aromatic carbocycles. The highest BCUT2D eigenvalue weighted by molar-refractivity contribution is 7.07. The number of rotatable bonds is 6. The van der Waals surface area contributed by atoms with Gasteiger partial charge in [0.05, 0.1) is 15.8 Å². The molecule has 1 heterocycles. The van der Waals surface area contributed by atoms with E-state index in [4.69, 9.17) is 4.74 Å². The highest BCUT2D eigenvalue weighted by Crippen LogP contribution is 2.30. The van der Waals surface area contributed by atoms with Crippen molar-refractivity contribution in [3.63, 3.8) is 0 Å². The van der Waals surface area contributed by atoms with Crippen LogP contribution in [0.2, 0.25) is 0 Å². The molecule has 2 rings (SSSR count). The molecule has 0 amide bonds. The average molecular weight is 397 g/mol. The molecule has 1 aromatic heterocycles. The summed E-state index contributed by atoms with van der Waals surface area (Å²) in [5.41, 5.74) is -0.294. The zero-order chi connectivity index (χ0) is 20.2. The van der Waals surface area contributed by atoms with Crippen LogP contribution in [0.3, 0.4) is 0 Å². The molecule has 0 bridgehead atoms. The molecule has 5 nitrogen and oxygen atoms in total.